The van der Waals surface area contributed by atoms with Gasteiger partial charge in [0.25, 0.3) is 0 Å². The predicted molar refractivity (Wildman–Crippen MR) is 91.9 cm³/mol. The van der Waals surface area contributed by atoms with Crippen LogP contribution in [0.3, 0.4) is 0 Å². The van der Waals surface area contributed by atoms with E-state index >= 15 is 0 Å². The Morgan fingerprint density at radius 1 is 1.18 bits per heavy atom. The van der Waals surface area contributed by atoms with E-state index in [1.807, 2.05) is 54.7 Å². The van der Waals surface area contributed by atoms with Crippen molar-refractivity contribution in [2.24, 2.45) is 5.73 Å². The molecule has 0 radical (unpaired) electrons. The number of hydrogen-bond acceptors (Lipinski definition) is 2. The Morgan fingerprint density at radius 3 is 2.77 bits per heavy atom. The van der Waals surface area contributed by atoms with E-state index < -0.39 is 0 Å². The van der Waals surface area contributed by atoms with Crippen LogP contribution >= 0.6 is 15.9 Å². The molecule has 3 aromatic rings. The summed E-state index contributed by atoms with van der Waals surface area (Å²) in [7, 11) is 0. The summed E-state index contributed by atoms with van der Waals surface area (Å²) < 4.78 is 3.11. The first-order valence-corrected chi connectivity index (χ1v) is 7.63. The van der Waals surface area contributed by atoms with E-state index in [0.29, 0.717) is 6.54 Å². The molecule has 1 heterocycles. The van der Waals surface area contributed by atoms with Crippen molar-refractivity contribution in [2.75, 3.05) is 0 Å². The minimum absolute atomic E-state index is 0.0831. The molecule has 5 heteroatoms. The summed E-state index contributed by atoms with van der Waals surface area (Å²) in [6.07, 6.45) is 3.75. The first-order valence-electron chi connectivity index (χ1n) is 6.84. The van der Waals surface area contributed by atoms with Gasteiger partial charge in [-0.2, -0.15) is 0 Å². The van der Waals surface area contributed by atoms with Crippen LogP contribution in [0.2, 0.25) is 0 Å². The second kappa shape index (κ2) is 6.15. The summed E-state index contributed by atoms with van der Waals surface area (Å²) in [6.45, 7) is 0.683. The van der Waals surface area contributed by atoms with E-state index in [-0.39, 0.29) is 5.84 Å². The molecule has 0 atom stereocenters. The second-order valence-corrected chi connectivity index (χ2v) is 5.92. The minimum atomic E-state index is 0.0831. The molecule has 0 saturated heterocycles. The van der Waals surface area contributed by atoms with Crippen LogP contribution in [0.15, 0.2) is 65.4 Å². The normalized spacial score (nSPS) is 10.6. The molecule has 1 aromatic heterocycles. The molecule has 3 rings (SSSR count). The molecule has 2 aromatic carbocycles. The predicted octanol–water partition coefficient (Wildman–Crippen LogP) is 3.64. The number of imidazole rings is 1. The Labute approximate surface area is 137 Å². The average molecular weight is 355 g/mol. The van der Waals surface area contributed by atoms with Crippen molar-refractivity contribution in [1.29, 1.82) is 5.41 Å². The second-order valence-electron chi connectivity index (χ2n) is 5.00. The quantitative estimate of drug-likeness (QED) is 0.554. The van der Waals surface area contributed by atoms with Crippen molar-refractivity contribution < 1.29 is 0 Å². The highest BCUT2D eigenvalue weighted by molar-refractivity contribution is 9.10. The van der Waals surface area contributed by atoms with E-state index in [2.05, 4.69) is 25.5 Å². The van der Waals surface area contributed by atoms with Gasteiger partial charge in [-0.15, -0.1) is 0 Å². The number of rotatable bonds is 4. The zero-order chi connectivity index (χ0) is 15.5. The standard InChI is InChI=1S/C17H15BrN4/c18-15-6-2-5-14(10-15)17-21-7-8-22(17)11-12-3-1-4-13(9-12)16(19)20/h1-10H,11H2,(H3,19,20). The Balaban J connectivity index is 1.93. The lowest BCUT2D eigenvalue weighted by atomic mass is 10.1. The molecular formula is C17H15BrN4. The van der Waals surface area contributed by atoms with Gasteiger partial charge in [-0.3, -0.25) is 5.41 Å². The Bertz CT molecular complexity index is 823. The monoisotopic (exact) mass is 354 g/mol. The lowest BCUT2D eigenvalue weighted by molar-refractivity contribution is 0.807. The van der Waals surface area contributed by atoms with Crippen molar-refractivity contribution in [1.82, 2.24) is 9.55 Å². The summed E-state index contributed by atoms with van der Waals surface area (Å²) in [5, 5.41) is 7.54. The van der Waals surface area contributed by atoms with Gasteiger partial charge in [-0.05, 0) is 23.8 Å². The van der Waals surface area contributed by atoms with Crippen molar-refractivity contribution >= 4 is 21.8 Å². The summed E-state index contributed by atoms with van der Waals surface area (Å²) in [4.78, 5) is 4.46. The Kier molecular flexibility index (Phi) is 4.06. The van der Waals surface area contributed by atoms with E-state index in [4.69, 9.17) is 11.1 Å². The summed E-state index contributed by atoms with van der Waals surface area (Å²) >= 11 is 3.49. The number of halogens is 1. The molecule has 0 aliphatic heterocycles. The molecule has 0 aliphatic carbocycles. The average Bonchev–Trinajstić information content (AvgIpc) is 2.95. The molecule has 0 fully saturated rings. The molecule has 0 spiro atoms. The number of nitrogens with two attached hydrogens (primary N) is 1. The maximum absolute atomic E-state index is 7.54. The van der Waals surface area contributed by atoms with E-state index in [1.165, 1.54) is 0 Å². The molecule has 110 valence electrons. The molecular weight excluding hydrogens is 340 g/mol. The van der Waals surface area contributed by atoms with Gasteiger partial charge >= 0.3 is 0 Å². The summed E-state index contributed by atoms with van der Waals surface area (Å²) in [5.74, 6) is 0.995. The van der Waals surface area contributed by atoms with Crippen molar-refractivity contribution in [3.8, 4) is 11.4 Å². The van der Waals surface area contributed by atoms with Crippen molar-refractivity contribution in [3.05, 3.63) is 76.5 Å². The first kappa shape index (κ1) is 14.5. The van der Waals surface area contributed by atoms with Gasteiger partial charge in [0.1, 0.15) is 11.7 Å². The van der Waals surface area contributed by atoms with Crippen molar-refractivity contribution in [3.63, 3.8) is 0 Å². The summed E-state index contributed by atoms with van der Waals surface area (Å²) in [5.41, 5.74) is 8.43. The largest absolute Gasteiger partial charge is 0.384 e. The third kappa shape index (κ3) is 3.09. The van der Waals surface area contributed by atoms with E-state index in [1.54, 1.807) is 6.20 Å². The van der Waals surface area contributed by atoms with E-state index in [0.717, 1.165) is 27.0 Å². The third-order valence-corrected chi connectivity index (χ3v) is 3.88. The van der Waals surface area contributed by atoms with Crippen LogP contribution in [-0.2, 0) is 6.54 Å². The topological polar surface area (TPSA) is 67.7 Å². The molecule has 3 N–H and O–H groups in total. The summed E-state index contributed by atoms with van der Waals surface area (Å²) in [6, 6.07) is 15.8. The zero-order valence-corrected chi connectivity index (χ0v) is 13.4. The Hall–Kier alpha value is -2.40. The zero-order valence-electron chi connectivity index (χ0n) is 11.8. The van der Waals surface area contributed by atoms with E-state index in [9.17, 15) is 0 Å². The van der Waals surface area contributed by atoms with Gasteiger partial charge in [0.15, 0.2) is 0 Å². The van der Waals surface area contributed by atoms with Gasteiger partial charge in [-0.1, -0.05) is 46.3 Å². The minimum Gasteiger partial charge on any atom is -0.384 e. The van der Waals surface area contributed by atoms with Crippen LogP contribution < -0.4 is 5.73 Å². The molecule has 4 nitrogen and oxygen atoms in total. The smallest absolute Gasteiger partial charge is 0.140 e. The van der Waals surface area contributed by atoms with Gasteiger partial charge in [0, 0.05) is 34.5 Å². The Morgan fingerprint density at radius 2 is 2.00 bits per heavy atom. The lowest BCUT2D eigenvalue weighted by Crippen LogP contribution is -2.11. The number of amidine groups is 1. The SMILES string of the molecule is N=C(N)c1cccc(Cn2ccnc2-c2cccc(Br)c2)c1. The maximum atomic E-state index is 7.54. The number of nitrogens with zero attached hydrogens (tertiary/aromatic N) is 2. The molecule has 0 saturated carbocycles. The van der Waals surface area contributed by atoms with Gasteiger partial charge < -0.3 is 10.3 Å². The van der Waals surface area contributed by atoms with Gasteiger partial charge in [0.2, 0.25) is 0 Å². The number of aromatic nitrogens is 2. The number of hydrogen-bond donors (Lipinski definition) is 2. The van der Waals surface area contributed by atoms with Crippen LogP contribution in [-0.4, -0.2) is 15.4 Å². The fraction of sp³-hybridized carbons (Fsp3) is 0.0588. The van der Waals surface area contributed by atoms with Crippen LogP contribution in [0, 0.1) is 5.41 Å². The molecule has 0 aliphatic rings. The molecule has 0 unspecified atom stereocenters. The number of nitrogens with one attached hydrogen (secondary N) is 1. The third-order valence-electron chi connectivity index (χ3n) is 3.39. The number of nitrogen functional groups attached to an aromatic ring is 1. The molecule has 0 bridgehead atoms. The maximum Gasteiger partial charge on any atom is 0.140 e. The molecule has 0 amide bonds. The van der Waals surface area contributed by atoms with Crippen LogP contribution in [0.5, 0.6) is 0 Å². The van der Waals surface area contributed by atoms with Gasteiger partial charge in [-0.25, -0.2) is 4.98 Å². The first-order chi connectivity index (χ1) is 10.6. The van der Waals surface area contributed by atoms with Crippen LogP contribution in [0.4, 0.5) is 0 Å². The van der Waals surface area contributed by atoms with Crippen molar-refractivity contribution in [2.45, 2.75) is 6.54 Å². The van der Waals surface area contributed by atoms with Crippen LogP contribution in [0.25, 0.3) is 11.4 Å². The highest BCUT2D eigenvalue weighted by Gasteiger charge is 2.07. The number of benzene rings is 2. The highest BCUT2D eigenvalue weighted by atomic mass is 79.9. The van der Waals surface area contributed by atoms with Crippen LogP contribution in [0.1, 0.15) is 11.1 Å². The van der Waals surface area contributed by atoms with Gasteiger partial charge in [0.05, 0.1) is 0 Å². The molecule has 22 heavy (non-hydrogen) atoms. The lowest BCUT2D eigenvalue weighted by Gasteiger charge is -2.09. The highest BCUT2D eigenvalue weighted by Crippen LogP contribution is 2.22. The fourth-order valence-corrected chi connectivity index (χ4v) is 2.76. The fourth-order valence-electron chi connectivity index (χ4n) is 2.36.